The first-order valence-corrected chi connectivity index (χ1v) is 6.95. The lowest BCUT2D eigenvalue weighted by Gasteiger charge is -2.11. The van der Waals surface area contributed by atoms with Gasteiger partial charge in [-0.25, -0.2) is 0 Å². The Labute approximate surface area is 108 Å². The molecule has 1 rings (SSSR count). The Morgan fingerprint density at radius 1 is 1.19 bits per heavy atom. The number of benzene rings is 1. The third-order valence-electron chi connectivity index (χ3n) is 2.90. The molecule has 0 aromatic heterocycles. The number of hydrogen-bond acceptors (Lipinski definition) is 0. The zero-order valence-electron chi connectivity index (χ0n) is 10.7. The highest BCUT2D eigenvalue weighted by Crippen LogP contribution is 2.19. The molecule has 0 spiro atoms. The molecule has 1 aromatic rings. The van der Waals surface area contributed by atoms with Crippen LogP contribution in [-0.2, 0) is 6.42 Å². The fraction of sp³-hybridized carbons (Fsp3) is 0.467. The summed E-state index contributed by atoms with van der Waals surface area (Å²) >= 11 is 3.46. The van der Waals surface area contributed by atoms with Crippen LogP contribution in [0.15, 0.2) is 23.8 Å². The molecule has 0 aliphatic rings. The van der Waals surface area contributed by atoms with E-state index < -0.39 is 0 Å². The summed E-state index contributed by atoms with van der Waals surface area (Å²) < 4.78 is 0. The molecule has 0 N–H and O–H groups in total. The molecule has 0 aliphatic carbocycles. The average Bonchev–Trinajstić information content (AvgIpc) is 2.20. The maximum Gasteiger partial charge on any atom is 0.00660 e. The summed E-state index contributed by atoms with van der Waals surface area (Å²) in [5.74, 6) is 0. The highest BCUT2D eigenvalue weighted by Gasteiger charge is 2.04. The second kappa shape index (κ2) is 6.24. The van der Waals surface area contributed by atoms with E-state index in [-0.39, 0.29) is 0 Å². The van der Waals surface area contributed by atoms with Gasteiger partial charge in [-0.1, -0.05) is 45.3 Å². The van der Waals surface area contributed by atoms with E-state index >= 15 is 0 Å². The van der Waals surface area contributed by atoms with E-state index in [1.54, 1.807) is 0 Å². The van der Waals surface area contributed by atoms with Crippen LogP contribution in [0.1, 0.15) is 35.6 Å². The van der Waals surface area contributed by atoms with Crippen LogP contribution in [0.3, 0.4) is 0 Å². The van der Waals surface area contributed by atoms with Crippen molar-refractivity contribution in [2.45, 2.75) is 40.5 Å². The Balaban J connectivity index is 2.89. The standard InChI is InChI=1S/C15H21Br/c1-11(6-5-7-16)10-15-13(3)8-12(2)9-14(15)4/h6,8-9H,5,7,10H2,1-4H3. The van der Waals surface area contributed by atoms with Gasteiger partial charge in [-0.05, 0) is 57.2 Å². The number of hydrogen-bond donors (Lipinski definition) is 0. The van der Waals surface area contributed by atoms with Crippen molar-refractivity contribution in [2.75, 3.05) is 5.33 Å². The maximum absolute atomic E-state index is 3.46. The monoisotopic (exact) mass is 280 g/mol. The lowest BCUT2D eigenvalue weighted by atomic mass is 9.94. The van der Waals surface area contributed by atoms with Crippen molar-refractivity contribution in [3.8, 4) is 0 Å². The Hall–Kier alpha value is -0.560. The molecule has 0 heterocycles. The third-order valence-corrected chi connectivity index (χ3v) is 3.36. The summed E-state index contributed by atoms with van der Waals surface area (Å²) in [5.41, 5.74) is 7.16. The lowest BCUT2D eigenvalue weighted by molar-refractivity contribution is 1.06. The fourth-order valence-corrected chi connectivity index (χ4v) is 2.37. The van der Waals surface area contributed by atoms with E-state index in [1.165, 1.54) is 27.8 Å². The largest absolute Gasteiger partial charge is 0.0925 e. The number of aryl methyl sites for hydroxylation is 3. The van der Waals surface area contributed by atoms with E-state index in [0.29, 0.717) is 0 Å². The van der Waals surface area contributed by atoms with Crippen molar-refractivity contribution in [1.29, 1.82) is 0 Å². The van der Waals surface area contributed by atoms with Crippen LogP contribution in [-0.4, -0.2) is 5.33 Å². The van der Waals surface area contributed by atoms with Gasteiger partial charge in [0.05, 0.1) is 0 Å². The molecule has 0 bridgehead atoms. The van der Waals surface area contributed by atoms with Crippen LogP contribution in [0.25, 0.3) is 0 Å². The smallest absolute Gasteiger partial charge is 0.00660 e. The predicted molar refractivity (Wildman–Crippen MR) is 76.5 cm³/mol. The minimum atomic E-state index is 1.05. The number of rotatable bonds is 4. The second-order valence-corrected chi connectivity index (χ2v) is 5.38. The summed E-state index contributed by atoms with van der Waals surface area (Å²) in [5, 5.41) is 1.05. The zero-order chi connectivity index (χ0) is 12.1. The summed E-state index contributed by atoms with van der Waals surface area (Å²) in [6.45, 7) is 8.82. The summed E-state index contributed by atoms with van der Waals surface area (Å²) in [7, 11) is 0. The van der Waals surface area contributed by atoms with Gasteiger partial charge in [-0.2, -0.15) is 0 Å². The van der Waals surface area contributed by atoms with E-state index in [9.17, 15) is 0 Å². The van der Waals surface area contributed by atoms with Crippen molar-refractivity contribution in [2.24, 2.45) is 0 Å². The van der Waals surface area contributed by atoms with Crippen molar-refractivity contribution in [3.63, 3.8) is 0 Å². The number of halogens is 1. The number of allylic oxidation sites excluding steroid dienone is 2. The minimum absolute atomic E-state index is 1.05. The normalized spacial score (nSPS) is 11.9. The SMILES string of the molecule is CC(=CCCBr)Cc1c(C)cc(C)cc1C. The maximum atomic E-state index is 3.46. The van der Waals surface area contributed by atoms with Gasteiger partial charge in [0.2, 0.25) is 0 Å². The van der Waals surface area contributed by atoms with Gasteiger partial charge in [-0.3, -0.25) is 0 Å². The molecule has 0 unspecified atom stereocenters. The fourth-order valence-electron chi connectivity index (χ4n) is 2.14. The van der Waals surface area contributed by atoms with E-state index in [2.05, 4.69) is 61.8 Å². The third kappa shape index (κ3) is 3.79. The Bertz CT molecular complexity index is 365. The Morgan fingerprint density at radius 3 is 2.25 bits per heavy atom. The molecule has 0 fully saturated rings. The summed E-state index contributed by atoms with van der Waals surface area (Å²) in [6.07, 6.45) is 4.54. The van der Waals surface area contributed by atoms with Crippen molar-refractivity contribution >= 4 is 15.9 Å². The lowest BCUT2D eigenvalue weighted by Crippen LogP contribution is -1.96. The summed E-state index contributed by atoms with van der Waals surface area (Å²) in [6, 6.07) is 4.56. The minimum Gasteiger partial charge on any atom is -0.0925 e. The molecule has 0 nitrogen and oxygen atoms in total. The highest BCUT2D eigenvalue weighted by atomic mass is 79.9. The van der Waals surface area contributed by atoms with Gasteiger partial charge in [0.1, 0.15) is 0 Å². The number of alkyl halides is 1. The molecule has 0 atom stereocenters. The predicted octanol–water partition coefficient (Wildman–Crippen LogP) is 4.89. The molecule has 1 heteroatoms. The first-order valence-electron chi connectivity index (χ1n) is 5.83. The van der Waals surface area contributed by atoms with Gasteiger partial charge in [0.25, 0.3) is 0 Å². The van der Waals surface area contributed by atoms with E-state index in [0.717, 1.165) is 18.2 Å². The summed E-state index contributed by atoms with van der Waals surface area (Å²) in [4.78, 5) is 0. The molecule has 0 amide bonds. The highest BCUT2D eigenvalue weighted by molar-refractivity contribution is 9.09. The van der Waals surface area contributed by atoms with Crippen molar-refractivity contribution in [3.05, 3.63) is 46.0 Å². The molecule has 0 saturated carbocycles. The van der Waals surface area contributed by atoms with E-state index in [1.807, 2.05) is 0 Å². The first-order chi connectivity index (χ1) is 7.54. The molecule has 88 valence electrons. The molecule has 0 saturated heterocycles. The van der Waals surface area contributed by atoms with Gasteiger partial charge in [0.15, 0.2) is 0 Å². The van der Waals surface area contributed by atoms with Crippen LogP contribution in [0, 0.1) is 20.8 Å². The molecular weight excluding hydrogens is 260 g/mol. The van der Waals surface area contributed by atoms with Gasteiger partial charge < -0.3 is 0 Å². The quantitative estimate of drug-likeness (QED) is 0.544. The molecule has 1 aromatic carbocycles. The van der Waals surface area contributed by atoms with E-state index in [4.69, 9.17) is 0 Å². The zero-order valence-corrected chi connectivity index (χ0v) is 12.3. The Morgan fingerprint density at radius 2 is 1.75 bits per heavy atom. The molecular formula is C15H21Br. The van der Waals surface area contributed by atoms with Crippen LogP contribution >= 0.6 is 15.9 Å². The van der Waals surface area contributed by atoms with Crippen LogP contribution in [0.4, 0.5) is 0 Å². The van der Waals surface area contributed by atoms with Gasteiger partial charge in [-0.15, -0.1) is 0 Å². The molecule has 16 heavy (non-hydrogen) atoms. The van der Waals surface area contributed by atoms with Gasteiger partial charge >= 0.3 is 0 Å². The van der Waals surface area contributed by atoms with Crippen LogP contribution in [0.2, 0.25) is 0 Å². The molecule has 0 radical (unpaired) electrons. The Kier molecular flexibility index (Phi) is 5.27. The second-order valence-electron chi connectivity index (χ2n) is 4.58. The first kappa shape index (κ1) is 13.5. The van der Waals surface area contributed by atoms with Crippen LogP contribution in [0.5, 0.6) is 0 Å². The van der Waals surface area contributed by atoms with Gasteiger partial charge in [0, 0.05) is 5.33 Å². The van der Waals surface area contributed by atoms with Crippen molar-refractivity contribution < 1.29 is 0 Å². The topological polar surface area (TPSA) is 0 Å². The van der Waals surface area contributed by atoms with Crippen LogP contribution < -0.4 is 0 Å². The molecule has 0 aliphatic heterocycles. The van der Waals surface area contributed by atoms with Crippen molar-refractivity contribution in [1.82, 2.24) is 0 Å². The average molecular weight is 281 g/mol.